The lowest BCUT2D eigenvalue weighted by molar-refractivity contribution is -0.159. The lowest BCUT2D eigenvalue weighted by atomic mass is 9.88. The monoisotopic (exact) mass is 466 g/mol. The molecule has 8 nitrogen and oxygen atoms in total. The van der Waals surface area contributed by atoms with Gasteiger partial charge in [0.1, 0.15) is 0 Å². The maximum absolute atomic E-state index is 13.0. The minimum atomic E-state index is -4.72. The quantitative estimate of drug-likeness (QED) is 0.726. The summed E-state index contributed by atoms with van der Waals surface area (Å²) in [6.07, 6.45) is 0.402. The van der Waals surface area contributed by atoms with Crippen molar-refractivity contribution >= 4 is 11.8 Å². The molecule has 1 aromatic heterocycles. The molecule has 0 spiro atoms. The first-order chi connectivity index (χ1) is 15.8. The zero-order valence-corrected chi connectivity index (χ0v) is 17.9. The van der Waals surface area contributed by atoms with E-state index in [1.54, 1.807) is 0 Å². The molecule has 2 heterocycles. The molecule has 2 aromatic rings. The van der Waals surface area contributed by atoms with Crippen LogP contribution in [0.1, 0.15) is 48.4 Å². The standard InChI is InChI=1S/C22H25F3N4O4/c23-22(24,25)21-27-18(28-33-21)14-6-8-15(9-7-14)19(30)26-12-17-13-32-11-10-29(17)20(31)16-4-2-1-3-5-16/h6-9,16-17H,1-5,10-13H2,(H,26,30)/t17-/m1/s1. The van der Waals surface area contributed by atoms with Crippen molar-refractivity contribution in [3.05, 3.63) is 35.7 Å². The van der Waals surface area contributed by atoms with Crippen molar-refractivity contribution in [2.24, 2.45) is 5.92 Å². The summed E-state index contributed by atoms with van der Waals surface area (Å²) in [5.74, 6) is -1.82. The van der Waals surface area contributed by atoms with Crippen molar-refractivity contribution < 1.29 is 32.0 Å². The largest absolute Gasteiger partial charge is 0.471 e. The van der Waals surface area contributed by atoms with Gasteiger partial charge in [-0.15, -0.1) is 0 Å². The summed E-state index contributed by atoms with van der Waals surface area (Å²) in [7, 11) is 0. The molecule has 1 N–H and O–H groups in total. The molecule has 1 atom stereocenters. The van der Waals surface area contributed by atoms with E-state index < -0.39 is 12.1 Å². The van der Waals surface area contributed by atoms with Gasteiger partial charge in [0.2, 0.25) is 11.7 Å². The van der Waals surface area contributed by atoms with Crippen molar-refractivity contribution in [1.29, 1.82) is 0 Å². The molecule has 0 bridgehead atoms. The third-order valence-electron chi connectivity index (χ3n) is 6.04. The van der Waals surface area contributed by atoms with Gasteiger partial charge in [0, 0.05) is 30.1 Å². The molecule has 1 aromatic carbocycles. The van der Waals surface area contributed by atoms with E-state index in [1.807, 2.05) is 4.90 Å². The number of hydrogen-bond donors (Lipinski definition) is 1. The Morgan fingerprint density at radius 2 is 1.85 bits per heavy atom. The number of benzene rings is 1. The van der Waals surface area contributed by atoms with Gasteiger partial charge in [-0.05, 0) is 25.0 Å². The van der Waals surface area contributed by atoms with Crippen LogP contribution in [0.2, 0.25) is 0 Å². The van der Waals surface area contributed by atoms with Gasteiger partial charge < -0.3 is 19.5 Å². The molecule has 2 amide bonds. The highest BCUT2D eigenvalue weighted by molar-refractivity contribution is 5.94. The molecule has 0 radical (unpaired) electrons. The molecule has 1 aliphatic heterocycles. The van der Waals surface area contributed by atoms with Gasteiger partial charge in [-0.3, -0.25) is 9.59 Å². The molecule has 2 aliphatic rings. The number of hydrogen-bond acceptors (Lipinski definition) is 6. The number of rotatable bonds is 5. The number of carbonyl (C=O) groups is 2. The number of morpholine rings is 1. The van der Waals surface area contributed by atoms with Crippen LogP contribution in [0.5, 0.6) is 0 Å². The number of alkyl halides is 3. The van der Waals surface area contributed by atoms with Crippen molar-refractivity contribution in [1.82, 2.24) is 20.4 Å². The van der Waals surface area contributed by atoms with E-state index in [0.717, 1.165) is 25.7 Å². The molecule has 178 valence electrons. The van der Waals surface area contributed by atoms with Crippen LogP contribution >= 0.6 is 0 Å². The maximum atomic E-state index is 13.0. The first kappa shape index (κ1) is 23.2. The van der Waals surface area contributed by atoms with E-state index in [9.17, 15) is 22.8 Å². The second-order valence-corrected chi connectivity index (χ2v) is 8.30. The fourth-order valence-electron chi connectivity index (χ4n) is 4.24. The number of nitrogens with one attached hydrogen (secondary N) is 1. The van der Waals surface area contributed by atoms with Crippen molar-refractivity contribution in [3.63, 3.8) is 0 Å². The molecular weight excluding hydrogens is 441 g/mol. The summed E-state index contributed by atoms with van der Waals surface area (Å²) in [5, 5.41) is 6.16. The average Bonchev–Trinajstić information content (AvgIpc) is 3.34. The van der Waals surface area contributed by atoms with Crippen molar-refractivity contribution in [3.8, 4) is 11.4 Å². The van der Waals surface area contributed by atoms with Crippen LogP contribution in [0.3, 0.4) is 0 Å². The zero-order chi connectivity index (χ0) is 23.4. The Balaban J connectivity index is 1.35. The summed E-state index contributed by atoms with van der Waals surface area (Å²) in [6.45, 7) is 1.60. The number of halogens is 3. The zero-order valence-electron chi connectivity index (χ0n) is 17.9. The summed E-state index contributed by atoms with van der Waals surface area (Å²) in [5.41, 5.74) is 0.607. The van der Waals surface area contributed by atoms with E-state index in [0.29, 0.717) is 25.3 Å². The van der Waals surface area contributed by atoms with Crippen molar-refractivity contribution in [2.75, 3.05) is 26.3 Å². The van der Waals surface area contributed by atoms with Gasteiger partial charge in [0.15, 0.2) is 0 Å². The number of amides is 2. The van der Waals surface area contributed by atoms with Gasteiger partial charge in [0.25, 0.3) is 5.91 Å². The molecule has 11 heteroatoms. The topological polar surface area (TPSA) is 97.6 Å². The first-order valence-corrected chi connectivity index (χ1v) is 11.0. The van der Waals surface area contributed by atoms with Crippen LogP contribution in [0.25, 0.3) is 11.4 Å². The average molecular weight is 466 g/mol. The predicted octanol–water partition coefficient (Wildman–Crippen LogP) is 3.29. The minimum absolute atomic E-state index is 0.0468. The highest BCUT2D eigenvalue weighted by Gasteiger charge is 2.38. The SMILES string of the molecule is O=C(NC[C@@H]1COCCN1C(=O)C1CCCCC1)c1ccc(-c2noc(C(F)(F)F)n2)cc1. The fraction of sp³-hybridized carbons (Fsp3) is 0.545. The molecule has 2 fully saturated rings. The number of aromatic nitrogens is 2. The van der Waals surface area contributed by atoms with Crippen LogP contribution in [0.4, 0.5) is 13.2 Å². The molecule has 0 unspecified atom stereocenters. The van der Waals surface area contributed by atoms with Gasteiger partial charge in [-0.1, -0.05) is 36.6 Å². The third kappa shape index (κ3) is 5.52. The lowest BCUT2D eigenvalue weighted by Crippen LogP contribution is -2.55. The Morgan fingerprint density at radius 3 is 2.52 bits per heavy atom. The van der Waals surface area contributed by atoms with Crippen LogP contribution in [-0.4, -0.2) is 59.2 Å². The number of carbonyl (C=O) groups excluding carboxylic acids is 2. The molecular formula is C22H25F3N4O4. The van der Waals surface area contributed by atoms with E-state index in [1.165, 1.54) is 30.7 Å². The summed E-state index contributed by atoms with van der Waals surface area (Å²) >= 11 is 0. The normalized spacial score (nSPS) is 20.0. The fourth-order valence-corrected chi connectivity index (χ4v) is 4.24. The van der Waals surface area contributed by atoms with Crippen LogP contribution < -0.4 is 5.32 Å². The van der Waals surface area contributed by atoms with Crippen LogP contribution in [-0.2, 0) is 15.7 Å². The smallest absolute Gasteiger partial charge is 0.377 e. The lowest BCUT2D eigenvalue weighted by Gasteiger charge is -2.38. The number of ether oxygens (including phenoxy) is 1. The Labute approximate surface area is 188 Å². The third-order valence-corrected chi connectivity index (χ3v) is 6.04. The molecule has 1 saturated carbocycles. The molecule has 1 aliphatic carbocycles. The number of nitrogens with zero attached hydrogens (tertiary/aromatic N) is 3. The minimum Gasteiger partial charge on any atom is -0.377 e. The van der Waals surface area contributed by atoms with E-state index in [4.69, 9.17) is 4.74 Å². The highest BCUT2D eigenvalue weighted by atomic mass is 19.4. The second-order valence-electron chi connectivity index (χ2n) is 8.30. The van der Waals surface area contributed by atoms with Gasteiger partial charge >= 0.3 is 12.1 Å². The van der Waals surface area contributed by atoms with Gasteiger partial charge in [-0.25, -0.2) is 0 Å². The summed E-state index contributed by atoms with van der Waals surface area (Å²) in [4.78, 5) is 30.7. The van der Waals surface area contributed by atoms with E-state index >= 15 is 0 Å². The first-order valence-electron chi connectivity index (χ1n) is 11.0. The molecule has 33 heavy (non-hydrogen) atoms. The molecule has 1 saturated heterocycles. The Morgan fingerprint density at radius 1 is 1.12 bits per heavy atom. The van der Waals surface area contributed by atoms with Crippen LogP contribution in [0.15, 0.2) is 28.8 Å². The summed E-state index contributed by atoms with van der Waals surface area (Å²) < 4.78 is 47.6. The van der Waals surface area contributed by atoms with Gasteiger partial charge in [0.05, 0.1) is 19.3 Å². The second kappa shape index (κ2) is 9.90. The Bertz CT molecular complexity index is 971. The maximum Gasteiger partial charge on any atom is 0.471 e. The predicted molar refractivity (Wildman–Crippen MR) is 110 cm³/mol. The highest BCUT2D eigenvalue weighted by Crippen LogP contribution is 2.29. The van der Waals surface area contributed by atoms with E-state index in [2.05, 4.69) is 20.0 Å². The van der Waals surface area contributed by atoms with Gasteiger partial charge in [-0.2, -0.15) is 18.2 Å². The van der Waals surface area contributed by atoms with Crippen molar-refractivity contribution in [2.45, 2.75) is 44.3 Å². The summed E-state index contributed by atoms with van der Waals surface area (Å²) in [6, 6.07) is 5.59. The van der Waals surface area contributed by atoms with E-state index in [-0.39, 0.29) is 41.7 Å². The Kier molecular flexibility index (Phi) is 6.96. The van der Waals surface area contributed by atoms with Crippen LogP contribution in [0, 0.1) is 5.92 Å². The molecule has 4 rings (SSSR count). The Hall–Kier alpha value is -2.95.